The number of hydrogen-bond donors (Lipinski definition) is 3. The summed E-state index contributed by atoms with van der Waals surface area (Å²) in [6.45, 7) is 9.41. The lowest BCUT2D eigenvalue weighted by atomic mass is 10.0. The summed E-state index contributed by atoms with van der Waals surface area (Å²) in [5, 5.41) is 10.6. The standard InChI is InChI=1S/C72H136O17P2/c1-7-9-11-13-15-17-19-21-23-25-27-31-37-44-50-56-71(76)88-67(60-82-69(74)54-48-42-36-30-26-24-22-20-18-16-14-12-10-8-2)62-86-90(78,79)84-58-66(73)59-85-91(80,81)87-63-68(61-83-70(75)55-49-43-39-33-35-41-47-53-65(5)6)89-72(77)57-51-45-38-32-28-29-34-40-46-52-64(3)4/h17,19,21,23,64-68,73H,7-16,18,20,22,24-63H2,1-6H3,(H,78,79)(H,80,81)/b19-17-,23-21-/t66-,67-,68-/m1/s1. The average molecular weight is 1340 g/mol. The van der Waals surface area contributed by atoms with Crippen LogP contribution in [0, 0.1) is 11.8 Å². The second-order valence-corrected chi connectivity index (χ2v) is 29.2. The molecule has 0 saturated carbocycles. The van der Waals surface area contributed by atoms with Gasteiger partial charge in [-0.3, -0.25) is 37.3 Å². The van der Waals surface area contributed by atoms with Gasteiger partial charge < -0.3 is 33.8 Å². The Hall–Kier alpha value is -2.46. The minimum atomic E-state index is -4.96. The Balaban J connectivity index is 5.29. The van der Waals surface area contributed by atoms with Crippen molar-refractivity contribution in [1.29, 1.82) is 0 Å². The molecule has 536 valence electrons. The van der Waals surface area contributed by atoms with Crippen LogP contribution in [0.5, 0.6) is 0 Å². The van der Waals surface area contributed by atoms with E-state index in [1.807, 2.05) is 0 Å². The van der Waals surface area contributed by atoms with E-state index in [1.54, 1.807) is 0 Å². The average Bonchev–Trinajstić information content (AvgIpc) is 3.33. The van der Waals surface area contributed by atoms with Gasteiger partial charge in [0.1, 0.15) is 19.3 Å². The van der Waals surface area contributed by atoms with E-state index < -0.39 is 97.5 Å². The van der Waals surface area contributed by atoms with Crippen LogP contribution in [0.2, 0.25) is 0 Å². The van der Waals surface area contributed by atoms with Gasteiger partial charge in [-0.2, -0.15) is 0 Å². The van der Waals surface area contributed by atoms with Crippen molar-refractivity contribution in [3.05, 3.63) is 24.3 Å². The molecule has 0 fully saturated rings. The molecule has 0 aromatic carbocycles. The molecule has 2 unspecified atom stereocenters. The lowest BCUT2D eigenvalue weighted by Gasteiger charge is -2.21. The first-order valence-corrected chi connectivity index (χ1v) is 39.8. The van der Waals surface area contributed by atoms with Crippen molar-refractivity contribution in [2.45, 2.75) is 362 Å². The van der Waals surface area contributed by atoms with Gasteiger partial charge >= 0.3 is 39.5 Å². The zero-order valence-electron chi connectivity index (χ0n) is 58.6. The maximum atomic E-state index is 13.0. The summed E-state index contributed by atoms with van der Waals surface area (Å²) < 4.78 is 68.3. The fourth-order valence-corrected chi connectivity index (χ4v) is 12.0. The summed E-state index contributed by atoms with van der Waals surface area (Å²) in [7, 11) is -9.92. The zero-order chi connectivity index (χ0) is 67.2. The molecule has 19 heteroatoms. The second kappa shape index (κ2) is 63.6. The third-order valence-corrected chi connectivity index (χ3v) is 18.0. The van der Waals surface area contributed by atoms with Gasteiger partial charge in [0.15, 0.2) is 12.2 Å². The number of aliphatic hydroxyl groups is 1. The molecule has 0 spiro atoms. The van der Waals surface area contributed by atoms with E-state index in [-0.39, 0.29) is 25.7 Å². The molecule has 0 saturated heterocycles. The van der Waals surface area contributed by atoms with Gasteiger partial charge in [-0.15, -0.1) is 0 Å². The topological polar surface area (TPSA) is 237 Å². The maximum Gasteiger partial charge on any atom is 0.472 e. The number of phosphoric ester groups is 2. The monoisotopic (exact) mass is 1330 g/mol. The summed E-state index contributed by atoms with van der Waals surface area (Å²) in [4.78, 5) is 72.6. The number of carbonyl (C=O) groups is 4. The molecule has 0 heterocycles. The molecule has 17 nitrogen and oxygen atoms in total. The maximum absolute atomic E-state index is 13.0. The number of hydrogen-bond acceptors (Lipinski definition) is 15. The summed E-state index contributed by atoms with van der Waals surface area (Å²) in [6, 6.07) is 0. The van der Waals surface area contributed by atoms with E-state index in [0.717, 1.165) is 115 Å². The molecule has 0 bridgehead atoms. The van der Waals surface area contributed by atoms with Crippen LogP contribution in [-0.4, -0.2) is 96.7 Å². The molecule has 0 aromatic heterocycles. The minimum Gasteiger partial charge on any atom is -0.462 e. The van der Waals surface area contributed by atoms with Crippen molar-refractivity contribution in [3.63, 3.8) is 0 Å². The molecule has 0 aromatic rings. The normalized spacial score (nSPS) is 14.3. The van der Waals surface area contributed by atoms with Crippen LogP contribution in [-0.2, 0) is 65.4 Å². The largest absolute Gasteiger partial charge is 0.472 e. The van der Waals surface area contributed by atoms with E-state index >= 15 is 0 Å². The molecule has 0 rings (SSSR count). The Morgan fingerprint density at radius 2 is 0.593 bits per heavy atom. The number of rotatable bonds is 69. The Morgan fingerprint density at radius 1 is 0.341 bits per heavy atom. The number of carbonyl (C=O) groups excluding carboxylic acids is 4. The summed E-state index contributed by atoms with van der Waals surface area (Å²) in [5.41, 5.74) is 0. The predicted octanol–water partition coefficient (Wildman–Crippen LogP) is 20.3. The van der Waals surface area contributed by atoms with E-state index in [2.05, 4.69) is 65.8 Å². The first-order chi connectivity index (χ1) is 43.9. The summed E-state index contributed by atoms with van der Waals surface area (Å²) in [5.74, 6) is -0.715. The SMILES string of the molecule is CCCCCC/C=C\C=C/CCCCCCCC(=O)O[C@H](COC(=O)CCCCCCCCCCCCCCCC)COP(=O)(O)OC[C@@H](O)COP(=O)(O)OC[C@@H](COC(=O)CCCCCCCCCC(C)C)OC(=O)CCCCCCCCCCCC(C)C. The fourth-order valence-electron chi connectivity index (χ4n) is 10.4. The Labute approximate surface area is 554 Å². The molecule has 0 radical (unpaired) electrons. The van der Waals surface area contributed by atoms with Crippen LogP contribution in [0.15, 0.2) is 24.3 Å². The fraction of sp³-hybridized carbons (Fsp3) is 0.889. The van der Waals surface area contributed by atoms with Crippen molar-refractivity contribution >= 4 is 39.5 Å². The highest BCUT2D eigenvalue weighted by molar-refractivity contribution is 7.47. The van der Waals surface area contributed by atoms with Gasteiger partial charge in [-0.1, -0.05) is 291 Å². The third-order valence-electron chi connectivity index (χ3n) is 16.1. The molecular weight excluding hydrogens is 1200 g/mol. The van der Waals surface area contributed by atoms with Gasteiger partial charge in [0, 0.05) is 25.7 Å². The summed E-state index contributed by atoms with van der Waals surface area (Å²) >= 11 is 0. The number of phosphoric acid groups is 2. The molecule has 5 atom stereocenters. The van der Waals surface area contributed by atoms with Crippen LogP contribution in [0.1, 0.15) is 343 Å². The van der Waals surface area contributed by atoms with Crippen LogP contribution in [0.4, 0.5) is 0 Å². The van der Waals surface area contributed by atoms with Crippen LogP contribution < -0.4 is 0 Å². The Kier molecular flexibility index (Phi) is 61.9. The molecule has 91 heavy (non-hydrogen) atoms. The Morgan fingerprint density at radius 3 is 0.901 bits per heavy atom. The lowest BCUT2D eigenvalue weighted by Crippen LogP contribution is -2.30. The number of allylic oxidation sites excluding steroid dienone is 4. The smallest absolute Gasteiger partial charge is 0.462 e. The molecule has 3 N–H and O–H groups in total. The summed E-state index contributed by atoms with van der Waals surface area (Å²) in [6.07, 6.45) is 52.2. The highest BCUT2D eigenvalue weighted by Gasteiger charge is 2.30. The molecule has 0 aliphatic rings. The van der Waals surface area contributed by atoms with Gasteiger partial charge in [0.05, 0.1) is 26.4 Å². The minimum absolute atomic E-state index is 0.0851. The van der Waals surface area contributed by atoms with E-state index in [1.165, 1.54) is 141 Å². The number of esters is 4. The first kappa shape index (κ1) is 88.5. The number of unbranched alkanes of at least 4 members (excludes halogenated alkanes) is 36. The number of aliphatic hydroxyl groups excluding tert-OH is 1. The van der Waals surface area contributed by atoms with Gasteiger partial charge in [0.2, 0.25) is 0 Å². The Bertz CT molecular complexity index is 1860. The molecule has 0 amide bonds. The van der Waals surface area contributed by atoms with E-state index in [9.17, 15) is 43.2 Å². The number of ether oxygens (including phenoxy) is 4. The highest BCUT2D eigenvalue weighted by Crippen LogP contribution is 2.45. The predicted molar refractivity (Wildman–Crippen MR) is 367 cm³/mol. The molecule has 0 aliphatic heterocycles. The van der Waals surface area contributed by atoms with Crippen LogP contribution in [0.25, 0.3) is 0 Å². The van der Waals surface area contributed by atoms with Crippen molar-refractivity contribution in [2.24, 2.45) is 11.8 Å². The zero-order valence-corrected chi connectivity index (χ0v) is 60.4. The molecule has 0 aliphatic carbocycles. The third kappa shape index (κ3) is 66.0. The van der Waals surface area contributed by atoms with Gasteiger partial charge in [-0.05, 0) is 63.2 Å². The van der Waals surface area contributed by atoms with Crippen molar-refractivity contribution < 1.29 is 80.2 Å². The van der Waals surface area contributed by atoms with Gasteiger partial charge in [-0.25, -0.2) is 9.13 Å². The second-order valence-electron chi connectivity index (χ2n) is 26.2. The highest BCUT2D eigenvalue weighted by atomic mass is 31.2. The van der Waals surface area contributed by atoms with E-state index in [4.69, 9.17) is 37.0 Å². The van der Waals surface area contributed by atoms with E-state index in [0.29, 0.717) is 31.6 Å². The van der Waals surface area contributed by atoms with Gasteiger partial charge in [0.25, 0.3) is 0 Å². The van der Waals surface area contributed by atoms with Crippen LogP contribution in [0.3, 0.4) is 0 Å². The molecular formula is C72H136O17P2. The van der Waals surface area contributed by atoms with Crippen molar-refractivity contribution in [2.75, 3.05) is 39.6 Å². The first-order valence-electron chi connectivity index (χ1n) is 36.8. The van der Waals surface area contributed by atoms with Crippen LogP contribution >= 0.6 is 15.6 Å². The lowest BCUT2D eigenvalue weighted by molar-refractivity contribution is -0.161. The van der Waals surface area contributed by atoms with Crippen molar-refractivity contribution in [3.8, 4) is 0 Å². The quantitative estimate of drug-likeness (QED) is 0.0169. The van der Waals surface area contributed by atoms with Crippen molar-refractivity contribution in [1.82, 2.24) is 0 Å².